The van der Waals surface area contributed by atoms with Crippen LogP contribution in [0.25, 0.3) is 10.2 Å². The SMILES string of the molecule is COc1ccc(CNC(=O)c2sc3nc[nH]c(=O)c3c2C)c(OC)c1. The van der Waals surface area contributed by atoms with Crippen molar-refractivity contribution in [1.29, 1.82) is 0 Å². The largest absolute Gasteiger partial charge is 0.497 e. The molecule has 1 amide bonds. The first-order chi connectivity index (χ1) is 12.0. The summed E-state index contributed by atoms with van der Waals surface area (Å²) in [7, 11) is 3.14. The number of thiophene rings is 1. The molecule has 0 fully saturated rings. The highest BCUT2D eigenvalue weighted by Crippen LogP contribution is 2.27. The third kappa shape index (κ3) is 3.20. The van der Waals surface area contributed by atoms with E-state index in [4.69, 9.17) is 9.47 Å². The molecule has 2 N–H and O–H groups in total. The number of methoxy groups -OCH3 is 2. The molecule has 7 nitrogen and oxygen atoms in total. The van der Waals surface area contributed by atoms with Crippen LogP contribution >= 0.6 is 11.3 Å². The van der Waals surface area contributed by atoms with Gasteiger partial charge in [-0.05, 0) is 24.6 Å². The van der Waals surface area contributed by atoms with Crippen LogP contribution in [0, 0.1) is 6.92 Å². The number of amides is 1. The number of aromatic nitrogens is 2. The molecule has 0 aliphatic heterocycles. The first-order valence-electron chi connectivity index (χ1n) is 7.51. The van der Waals surface area contributed by atoms with Gasteiger partial charge in [-0.1, -0.05) is 0 Å². The first kappa shape index (κ1) is 17.0. The summed E-state index contributed by atoms with van der Waals surface area (Å²) in [6, 6.07) is 5.40. The van der Waals surface area contributed by atoms with Crippen LogP contribution in [0.2, 0.25) is 0 Å². The zero-order valence-electron chi connectivity index (χ0n) is 14.0. The molecular formula is C17H17N3O4S. The Kier molecular flexibility index (Phi) is 4.71. The Morgan fingerprint density at radius 3 is 2.80 bits per heavy atom. The van der Waals surface area contributed by atoms with Gasteiger partial charge in [0.05, 0.1) is 30.8 Å². The minimum Gasteiger partial charge on any atom is -0.497 e. The van der Waals surface area contributed by atoms with E-state index < -0.39 is 0 Å². The Balaban J connectivity index is 1.83. The van der Waals surface area contributed by atoms with Crippen molar-refractivity contribution in [3.05, 3.63) is 50.9 Å². The van der Waals surface area contributed by atoms with Crippen molar-refractivity contribution in [3.8, 4) is 11.5 Å². The smallest absolute Gasteiger partial charge is 0.261 e. The molecule has 130 valence electrons. The van der Waals surface area contributed by atoms with Crippen LogP contribution < -0.4 is 20.3 Å². The summed E-state index contributed by atoms with van der Waals surface area (Å²) >= 11 is 1.20. The lowest BCUT2D eigenvalue weighted by Crippen LogP contribution is -2.23. The number of aryl methyl sites for hydroxylation is 1. The van der Waals surface area contributed by atoms with E-state index in [1.165, 1.54) is 17.7 Å². The maximum atomic E-state index is 12.5. The van der Waals surface area contributed by atoms with Gasteiger partial charge in [0.25, 0.3) is 11.5 Å². The molecule has 0 aliphatic rings. The van der Waals surface area contributed by atoms with Crippen LogP contribution in [-0.2, 0) is 6.54 Å². The fourth-order valence-electron chi connectivity index (χ4n) is 2.55. The summed E-state index contributed by atoms with van der Waals surface area (Å²) in [5, 5.41) is 3.32. The maximum absolute atomic E-state index is 12.5. The predicted octanol–water partition coefficient (Wildman–Crippen LogP) is 2.24. The van der Waals surface area contributed by atoms with Gasteiger partial charge < -0.3 is 19.8 Å². The standard InChI is InChI=1S/C17H17N3O4S/c1-9-13-15(21)19-8-20-17(13)25-14(9)16(22)18-7-10-4-5-11(23-2)6-12(10)24-3/h4-6,8H,7H2,1-3H3,(H,18,22)(H,19,20,21). The molecule has 2 heterocycles. The normalized spacial score (nSPS) is 10.7. The quantitative estimate of drug-likeness (QED) is 0.729. The van der Waals surface area contributed by atoms with E-state index in [1.54, 1.807) is 33.3 Å². The van der Waals surface area contributed by atoms with Crippen molar-refractivity contribution >= 4 is 27.5 Å². The number of rotatable bonds is 5. The molecule has 1 aromatic carbocycles. The van der Waals surface area contributed by atoms with Gasteiger partial charge in [-0.3, -0.25) is 9.59 Å². The van der Waals surface area contributed by atoms with E-state index in [-0.39, 0.29) is 11.5 Å². The number of benzene rings is 1. The van der Waals surface area contributed by atoms with Gasteiger partial charge in [-0.25, -0.2) is 4.98 Å². The molecule has 2 aromatic heterocycles. The van der Waals surface area contributed by atoms with Gasteiger partial charge in [-0.15, -0.1) is 11.3 Å². The molecule has 0 atom stereocenters. The first-order valence-corrected chi connectivity index (χ1v) is 8.32. The number of hydrogen-bond acceptors (Lipinski definition) is 6. The molecule has 0 unspecified atom stereocenters. The van der Waals surface area contributed by atoms with Crippen molar-refractivity contribution in [2.24, 2.45) is 0 Å². The predicted molar refractivity (Wildman–Crippen MR) is 95.7 cm³/mol. The van der Waals surface area contributed by atoms with Crippen LogP contribution in [0.5, 0.6) is 11.5 Å². The molecule has 0 saturated heterocycles. The summed E-state index contributed by atoms with van der Waals surface area (Å²) in [5.41, 5.74) is 1.22. The number of nitrogens with one attached hydrogen (secondary N) is 2. The number of carbonyl (C=O) groups excluding carboxylic acids is 1. The van der Waals surface area contributed by atoms with Gasteiger partial charge in [0, 0.05) is 18.2 Å². The van der Waals surface area contributed by atoms with Crippen LogP contribution in [-0.4, -0.2) is 30.1 Å². The molecule has 3 rings (SSSR count). The Hall–Kier alpha value is -2.87. The van der Waals surface area contributed by atoms with Gasteiger partial charge in [0.15, 0.2) is 0 Å². The number of hydrogen-bond donors (Lipinski definition) is 2. The Labute approximate surface area is 147 Å². The number of nitrogens with zero attached hydrogens (tertiary/aromatic N) is 1. The van der Waals surface area contributed by atoms with Gasteiger partial charge in [-0.2, -0.15) is 0 Å². The number of carbonyl (C=O) groups is 1. The van der Waals surface area contributed by atoms with Crippen LogP contribution in [0.15, 0.2) is 29.3 Å². The van der Waals surface area contributed by atoms with Crippen LogP contribution in [0.1, 0.15) is 20.8 Å². The maximum Gasteiger partial charge on any atom is 0.261 e. The molecule has 3 aromatic rings. The number of aromatic amines is 1. The van der Waals surface area contributed by atoms with Crippen molar-refractivity contribution in [3.63, 3.8) is 0 Å². The lowest BCUT2D eigenvalue weighted by Gasteiger charge is -2.11. The number of H-pyrrole nitrogens is 1. The average Bonchev–Trinajstić information content (AvgIpc) is 2.97. The Morgan fingerprint density at radius 1 is 1.32 bits per heavy atom. The molecule has 0 spiro atoms. The van der Waals surface area contributed by atoms with Crippen molar-refractivity contribution in [1.82, 2.24) is 15.3 Å². The van der Waals surface area contributed by atoms with E-state index in [0.29, 0.717) is 38.7 Å². The monoisotopic (exact) mass is 359 g/mol. The molecular weight excluding hydrogens is 342 g/mol. The minimum atomic E-state index is -0.252. The van der Waals surface area contributed by atoms with Crippen molar-refractivity contribution in [2.75, 3.05) is 14.2 Å². The molecule has 25 heavy (non-hydrogen) atoms. The highest BCUT2D eigenvalue weighted by molar-refractivity contribution is 7.20. The zero-order chi connectivity index (χ0) is 18.0. The summed E-state index contributed by atoms with van der Waals surface area (Å²) in [4.78, 5) is 32.1. The topological polar surface area (TPSA) is 93.3 Å². The fourth-order valence-corrected chi connectivity index (χ4v) is 3.62. The Morgan fingerprint density at radius 2 is 2.12 bits per heavy atom. The molecule has 0 radical (unpaired) electrons. The van der Waals surface area contributed by atoms with Gasteiger partial charge >= 0.3 is 0 Å². The average molecular weight is 359 g/mol. The lowest BCUT2D eigenvalue weighted by atomic mass is 10.1. The summed E-state index contributed by atoms with van der Waals surface area (Å²) in [6.45, 7) is 2.04. The summed E-state index contributed by atoms with van der Waals surface area (Å²) < 4.78 is 10.5. The van der Waals surface area contributed by atoms with E-state index in [0.717, 1.165) is 5.56 Å². The van der Waals surface area contributed by atoms with Crippen LogP contribution in [0.4, 0.5) is 0 Å². The van der Waals surface area contributed by atoms with E-state index in [2.05, 4.69) is 15.3 Å². The second kappa shape index (κ2) is 6.94. The highest BCUT2D eigenvalue weighted by Gasteiger charge is 2.18. The zero-order valence-corrected chi connectivity index (χ0v) is 14.8. The number of ether oxygens (including phenoxy) is 2. The minimum absolute atomic E-state index is 0.241. The van der Waals surface area contributed by atoms with Gasteiger partial charge in [0.1, 0.15) is 16.3 Å². The third-order valence-corrected chi connectivity index (χ3v) is 5.07. The Bertz CT molecular complexity index is 993. The molecule has 8 heteroatoms. The fraction of sp³-hybridized carbons (Fsp3) is 0.235. The third-order valence-electron chi connectivity index (χ3n) is 3.87. The van der Waals surface area contributed by atoms with E-state index in [9.17, 15) is 9.59 Å². The van der Waals surface area contributed by atoms with E-state index >= 15 is 0 Å². The van der Waals surface area contributed by atoms with Crippen molar-refractivity contribution in [2.45, 2.75) is 13.5 Å². The van der Waals surface area contributed by atoms with Crippen molar-refractivity contribution < 1.29 is 14.3 Å². The summed E-state index contributed by atoms with van der Waals surface area (Å²) in [6.07, 6.45) is 1.34. The van der Waals surface area contributed by atoms with Gasteiger partial charge in [0.2, 0.25) is 0 Å². The second-order valence-electron chi connectivity index (χ2n) is 5.33. The molecule has 0 aliphatic carbocycles. The van der Waals surface area contributed by atoms with Crippen LogP contribution in [0.3, 0.4) is 0 Å². The lowest BCUT2D eigenvalue weighted by molar-refractivity contribution is 0.0954. The summed E-state index contributed by atoms with van der Waals surface area (Å²) in [5.74, 6) is 1.06. The number of fused-ring (bicyclic) bond motifs is 1. The second-order valence-corrected chi connectivity index (χ2v) is 6.33. The molecule has 0 bridgehead atoms. The van der Waals surface area contributed by atoms with E-state index in [1.807, 2.05) is 6.07 Å². The molecule has 0 saturated carbocycles. The highest BCUT2D eigenvalue weighted by atomic mass is 32.1.